The molecule has 0 aliphatic carbocycles. The smallest absolute Gasteiger partial charge is 0.344 e. The minimum absolute atomic E-state index is 0.0268. The minimum Gasteiger partial charge on any atom is -0.482 e. The number of ether oxygens (including phenoxy) is 2. The number of hydrogen-bond acceptors (Lipinski definition) is 3. The van der Waals surface area contributed by atoms with E-state index in [0.29, 0.717) is 12.4 Å². The average Bonchev–Trinajstić information content (AvgIpc) is 2.29. The van der Waals surface area contributed by atoms with Gasteiger partial charge in [0.15, 0.2) is 6.61 Å². The van der Waals surface area contributed by atoms with Crippen LogP contribution in [0.3, 0.4) is 0 Å². The molecule has 0 saturated carbocycles. The van der Waals surface area contributed by atoms with Crippen molar-refractivity contribution < 1.29 is 14.3 Å². The lowest BCUT2D eigenvalue weighted by Gasteiger charge is -2.06. The molecule has 0 saturated heterocycles. The van der Waals surface area contributed by atoms with E-state index in [1.165, 1.54) is 5.56 Å². The van der Waals surface area contributed by atoms with Crippen LogP contribution in [0.1, 0.15) is 25.8 Å². The number of hydrogen-bond donors (Lipinski definition) is 0. The summed E-state index contributed by atoms with van der Waals surface area (Å²) in [5.74, 6) is 0.369. The third-order valence-electron chi connectivity index (χ3n) is 2.12. The lowest BCUT2D eigenvalue weighted by atomic mass is 10.1. The number of aryl methyl sites for hydroxylation is 1. The van der Waals surface area contributed by atoms with Crippen LogP contribution in [0.25, 0.3) is 0 Å². The summed E-state index contributed by atoms with van der Waals surface area (Å²) in [6.07, 6.45) is 2.20. The Kier molecular flexibility index (Phi) is 5.40. The maximum atomic E-state index is 11.0. The molecule has 0 spiro atoms. The Hall–Kier alpha value is -1.51. The van der Waals surface area contributed by atoms with E-state index in [9.17, 15) is 4.79 Å². The van der Waals surface area contributed by atoms with Gasteiger partial charge in [0, 0.05) is 0 Å². The third-order valence-corrected chi connectivity index (χ3v) is 2.12. The Morgan fingerprint density at radius 3 is 2.44 bits per heavy atom. The fraction of sp³-hybridized carbons (Fsp3) is 0.462. The van der Waals surface area contributed by atoms with Crippen LogP contribution in [0, 0.1) is 0 Å². The minimum atomic E-state index is -0.333. The zero-order valence-corrected chi connectivity index (χ0v) is 9.86. The molecular formula is C13H18O3. The van der Waals surface area contributed by atoms with Crippen molar-refractivity contribution in [2.75, 3.05) is 13.2 Å². The van der Waals surface area contributed by atoms with Crippen molar-refractivity contribution in [1.29, 1.82) is 0 Å². The van der Waals surface area contributed by atoms with Gasteiger partial charge in [-0.25, -0.2) is 4.79 Å². The predicted molar refractivity (Wildman–Crippen MR) is 62.6 cm³/mol. The Morgan fingerprint density at radius 2 is 1.88 bits per heavy atom. The van der Waals surface area contributed by atoms with Crippen LogP contribution in [-0.2, 0) is 16.0 Å². The highest BCUT2D eigenvalue weighted by molar-refractivity contribution is 5.71. The molecule has 3 heteroatoms. The van der Waals surface area contributed by atoms with Crippen molar-refractivity contribution in [3.8, 4) is 5.75 Å². The van der Waals surface area contributed by atoms with Gasteiger partial charge in [-0.1, -0.05) is 25.5 Å². The van der Waals surface area contributed by atoms with Crippen LogP contribution in [0.4, 0.5) is 0 Å². The molecule has 0 N–H and O–H groups in total. The van der Waals surface area contributed by atoms with E-state index in [1.807, 2.05) is 24.3 Å². The van der Waals surface area contributed by atoms with E-state index < -0.39 is 0 Å². The van der Waals surface area contributed by atoms with Crippen LogP contribution in [-0.4, -0.2) is 19.2 Å². The average molecular weight is 222 g/mol. The fourth-order valence-corrected chi connectivity index (χ4v) is 1.39. The van der Waals surface area contributed by atoms with Gasteiger partial charge in [-0.2, -0.15) is 0 Å². The first kappa shape index (κ1) is 12.6. The molecule has 0 aliphatic rings. The normalized spacial score (nSPS) is 9.88. The summed E-state index contributed by atoms with van der Waals surface area (Å²) in [7, 11) is 0. The van der Waals surface area contributed by atoms with Crippen LogP contribution >= 0.6 is 0 Å². The van der Waals surface area contributed by atoms with Gasteiger partial charge >= 0.3 is 5.97 Å². The summed E-state index contributed by atoms with van der Waals surface area (Å²) in [5.41, 5.74) is 1.28. The molecule has 1 rings (SSSR count). The molecule has 1 aromatic rings. The predicted octanol–water partition coefficient (Wildman–Crippen LogP) is 2.58. The van der Waals surface area contributed by atoms with Gasteiger partial charge in [0.05, 0.1) is 6.61 Å². The molecule has 0 unspecified atom stereocenters. The summed E-state index contributed by atoms with van der Waals surface area (Å²) < 4.78 is 10.0. The first-order chi connectivity index (χ1) is 7.76. The topological polar surface area (TPSA) is 35.5 Å². The summed E-state index contributed by atoms with van der Waals surface area (Å²) >= 11 is 0. The first-order valence-electron chi connectivity index (χ1n) is 5.63. The fourth-order valence-electron chi connectivity index (χ4n) is 1.39. The molecule has 0 aliphatic heterocycles. The highest BCUT2D eigenvalue weighted by Crippen LogP contribution is 2.13. The molecule has 0 bridgehead atoms. The Balaban J connectivity index is 2.40. The third kappa shape index (κ3) is 4.34. The lowest BCUT2D eigenvalue weighted by Crippen LogP contribution is -2.14. The second-order valence-electron chi connectivity index (χ2n) is 3.49. The SMILES string of the molecule is CCCc1ccc(OCC(=O)OCC)cc1. The van der Waals surface area contributed by atoms with Gasteiger partial charge in [0.1, 0.15) is 5.75 Å². The lowest BCUT2D eigenvalue weighted by molar-refractivity contribution is -0.145. The van der Waals surface area contributed by atoms with E-state index in [2.05, 4.69) is 6.92 Å². The van der Waals surface area contributed by atoms with Crippen molar-refractivity contribution in [1.82, 2.24) is 0 Å². The van der Waals surface area contributed by atoms with Gasteiger partial charge in [-0.15, -0.1) is 0 Å². The van der Waals surface area contributed by atoms with Crippen LogP contribution in [0.5, 0.6) is 5.75 Å². The van der Waals surface area contributed by atoms with Crippen molar-refractivity contribution >= 4 is 5.97 Å². The van der Waals surface area contributed by atoms with Crippen LogP contribution in [0.2, 0.25) is 0 Å². The molecule has 0 fully saturated rings. The summed E-state index contributed by atoms with van der Waals surface area (Å²) in [6, 6.07) is 7.79. The Labute approximate surface area is 96.4 Å². The van der Waals surface area contributed by atoms with Gasteiger partial charge in [-0.05, 0) is 31.0 Å². The summed E-state index contributed by atoms with van der Waals surface area (Å²) in [5, 5.41) is 0. The number of carbonyl (C=O) groups is 1. The maximum Gasteiger partial charge on any atom is 0.344 e. The van der Waals surface area contributed by atoms with Crippen LogP contribution in [0.15, 0.2) is 24.3 Å². The second kappa shape index (κ2) is 6.88. The van der Waals surface area contributed by atoms with E-state index in [0.717, 1.165) is 12.8 Å². The Bertz CT molecular complexity index is 316. The molecular weight excluding hydrogens is 204 g/mol. The van der Waals surface area contributed by atoms with E-state index >= 15 is 0 Å². The van der Waals surface area contributed by atoms with E-state index in [4.69, 9.17) is 9.47 Å². The monoisotopic (exact) mass is 222 g/mol. The van der Waals surface area contributed by atoms with Crippen LogP contribution < -0.4 is 4.74 Å². The molecule has 1 aromatic carbocycles. The molecule has 0 atom stereocenters. The number of carbonyl (C=O) groups excluding carboxylic acids is 1. The second-order valence-corrected chi connectivity index (χ2v) is 3.49. The summed E-state index contributed by atoms with van der Waals surface area (Å²) in [6.45, 7) is 4.28. The molecule has 0 aromatic heterocycles. The maximum absolute atomic E-state index is 11.0. The zero-order valence-electron chi connectivity index (χ0n) is 9.86. The molecule has 0 heterocycles. The Morgan fingerprint density at radius 1 is 1.19 bits per heavy atom. The molecule has 0 amide bonds. The van der Waals surface area contributed by atoms with E-state index in [1.54, 1.807) is 6.92 Å². The van der Waals surface area contributed by atoms with Crippen molar-refractivity contribution in [3.05, 3.63) is 29.8 Å². The van der Waals surface area contributed by atoms with Gasteiger partial charge in [0.25, 0.3) is 0 Å². The number of esters is 1. The molecule has 16 heavy (non-hydrogen) atoms. The largest absolute Gasteiger partial charge is 0.482 e. The van der Waals surface area contributed by atoms with Gasteiger partial charge in [-0.3, -0.25) is 0 Å². The molecule has 3 nitrogen and oxygen atoms in total. The highest BCUT2D eigenvalue weighted by atomic mass is 16.6. The van der Waals surface area contributed by atoms with Crippen molar-refractivity contribution in [2.45, 2.75) is 26.7 Å². The quantitative estimate of drug-likeness (QED) is 0.694. The molecule has 0 radical (unpaired) electrons. The van der Waals surface area contributed by atoms with E-state index in [-0.39, 0.29) is 12.6 Å². The standard InChI is InChI=1S/C13H18O3/c1-3-5-11-6-8-12(9-7-11)16-10-13(14)15-4-2/h6-9H,3-5,10H2,1-2H3. The van der Waals surface area contributed by atoms with Gasteiger partial charge < -0.3 is 9.47 Å². The number of benzene rings is 1. The molecule has 88 valence electrons. The van der Waals surface area contributed by atoms with Crippen molar-refractivity contribution in [3.63, 3.8) is 0 Å². The van der Waals surface area contributed by atoms with Crippen molar-refractivity contribution in [2.24, 2.45) is 0 Å². The first-order valence-corrected chi connectivity index (χ1v) is 5.63. The highest BCUT2D eigenvalue weighted by Gasteiger charge is 2.02. The van der Waals surface area contributed by atoms with Gasteiger partial charge in [0.2, 0.25) is 0 Å². The number of rotatable bonds is 6. The summed E-state index contributed by atoms with van der Waals surface area (Å²) in [4.78, 5) is 11.0. The zero-order chi connectivity index (χ0) is 11.8.